The number of aromatic nitrogens is 2. The fourth-order valence-electron chi connectivity index (χ4n) is 3.36. The van der Waals surface area contributed by atoms with Gasteiger partial charge in [-0.15, -0.1) is 0 Å². The molecule has 180 valence electrons. The number of benzene rings is 2. The standard InChI is InChI=1S/C22H23N3O8S/c1-5-32-21(26)22(25(27)28,15(3)34(29,30)18-12-6-14(2)7-13-18)20-23-19(24-33-20)16-8-10-17(31-4)11-9-16/h6-13,15H,5H2,1-4H3. The summed E-state index contributed by atoms with van der Waals surface area (Å²) in [5.41, 5.74) is -1.80. The lowest BCUT2D eigenvalue weighted by Gasteiger charge is -2.25. The molecule has 12 heteroatoms. The van der Waals surface area contributed by atoms with E-state index < -0.39 is 37.4 Å². The Labute approximate surface area is 195 Å². The topological polar surface area (TPSA) is 152 Å². The van der Waals surface area contributed by atoms with Gasteiger partial charge in [-0.05, 0) is 57.2 Å². The molecule has 0 saturated heterocycles. The number of nitrogens with zero attached hydrogens (tertiary/aromatic N) is 3. The maximum absolute atomic E-state index is 13.4. The van der Waals surface area contributed by atoms with Crippen LogP contribution in [0.25, 0.3) is 11.4 Å². The van der Waals surface area contributed by atoms with Gasteiger partial charge in [0.2, 0.25) is 5.82 Å². The summed E-state index contributed by atoms with van der Waals surface area (Å²) in [5.74, 6) is -1.75. The lowest BCUT2D eigenvalue weighted by atomic mass is 9.96. The van der Waals surface area contributed by atoms with Gasteiger partial charge in [0, 0.05) is 10.5 Å². The van der Waals surface area contributed by atoms with Gasteiger partial charge in [0.1, 0.15) is 5.75 Å². The average Bonchev–Trinajstić information content (AvgIpc) is 3.30. The number of hydrogen-bond donors (Lipinski definition) is 0. The summed E-state index contributed by atoms with van der Waals surface area (Å²) in [6, 6.07) is 12.1. The molecule has 0 aliphatic carbocycles. The van der Waals surface area contributed by atoms with Crippen LogP contribution in [0.5, 0.6) is 5.75 Å². The maximum atomic E-state index is 13.4. The fraction of sp³-hybridized carbons (Fsp3) is 0.318. The smallest absolute Gasteiger partial charge is 0.409 e. The molecular formula is C22H23N3O8S. The van der Waals surface area contributed by atoms with E-state index in [1.165, 1.54) is 26.2 Å². The van der Waals surface area contributed by atoms with Gasteiger partial charge < -0.3 is 14.0 Å². The molecule has 1 aromatic heterocycles. The van der Waals surface area contributed by atoms with Crippen molar-refractivity contribution in [2.75, 3.05) is 13.7 Å². The molecule has 34 heavy (non-hydrogen) atoms. The van der Waals surface area contributed by atoms with Crippen LogP contribution >= 0.6 is 0 Å². The van der Waals surface area contributed by atoms with Gasteiger partial charge in [-0.1, -0.05) is 22.9 Å². The van der Waals surface area contributed by atoms with Crippen LogP contribution in [-0.2, 0) is 24.9 Å². The van der Waals surface area contributed by atoms with E-state index in [4.69, 9.17) is 14.0 Å². The monoisotopic (exact) mass is 489 g/mol. The highest BCUT2D eigenvalue weighted by Crippen LogP contribution is 2.37. The highest BCUT2D eigenvalue weighted by molar-refractivity contribution is 7.92. The van der Waals surface area contributed by atoms with E-state index in [0.29, 0.717) is 11.3 Å². The van der Waals surface area contributed by atoms with E-state index >= 15 is 0 Å². The van der Waals surface area contributed by atoms with Crippen LogP contribution in [0.15, 0.2) is 57.9 Å². The molecule has 0 saturated carbocycles. The summed E-state index contributed by atoms with van der Waals surface area (Å²) in [4.78, 5) is 28.3. The normalized spacial score (nSPS) is 14.1. The predicted octanol–water partition coefficient (Wildman–Crippen LogP) is 2.95. The second kappa shape index (κ2) is 9.59. The van der Waals surface area contributed by atoms with Gasteiger partial charge in [-0.25, -0.2) is 13.2 Å². The third-order valence-electron chi connectivity index (χ3n) is 5.38. The molecule has 0 N–H and O–H groups in total. The zero-order chi connectivity index (χ0) is 25.1. The molecule has 0 radical (unpaired) electrons. The predicted molar refractivity (Wildman–Crippen MR) is 119 cm³/mol. The molecule has 1 heterocycles. The molecule has 2 aromatic carbocycles. The Morgan fingerprint density at radius 2 is 1.79 bits per heavy atom. The Morgan fingerprint density at radius 1 is 1.18 bits per heavy atom. The van der Waals surface area contributed by atoms with Crippen LogP contribution in [0.2, 0.25) is 0 Å². The lowest BCUT2D eigenvalue weighted by molar-refractivity contribution is -0.567. The summed E-state index contributed by atoms with van der Waals surface area (Å²) in [6.45, 7) is 4.02. The first-order chi connectivity index (χ1) is 16.1. The van der Waals surface area contributed by atoms with Crippen LogP contribution in [0.4, 0.5) is 0 Å². The Bertz CT molecular complexity index is 1290. The number of aryl methyl sites for hydroxylation is 1. The highest BCUT2D eigenvalue weighted by atomic mass is 32.2. The molecule has 0 fully saturated rings. The first kappa shape index (κ1) is 24.8. The molecule has 0 bridgehead atoms. The summed E-state index contributed by atoms with van der Waals surface area (Å²) in [7, 11) is -2.93. The van der Waals surface area contributed by atoms with Crippen molar-refractivity contribution in [3.05, 3.63) is 70.1 Å². The van der Waals surface area contributed by atoms with Gasteiger partial charge in [0.05, 0.1) is 18.6 Å². The van der Waals surface area contributed by atoms with E-state index in [-0.39, 0.29) is 17.3 Å². The molecule has 2 atom stereocenters. The molecule has 0 spiro atoms. The van der Waals surface area contributed by atoms with E-state index in [2.05, 4.69) is 10.1 Å². The number of rotatable bonds is 9. The minimum absolute atomic E-state index is 0.0758. The average molecular weight is 490 g/mol. The third kappa shape index (κ3) is 4.23. The number of nitro groups is 1. The van der Waals surface area contributed by atoms with Crippen LogP contribution in [-0.4, -0.2) is 48.4 Å². The van der Waals surface area contributed by atoms with Crippen molar-refractivity contribution in [3.63, 3.8) is 0 Å². The zero-order valence-corrected chi connectivity index (χ0v) is 19.7. The number of carbonyl (C=O) groups excluding carboxylic acids is 1. The first-order valence-electron chi connectivity index (χ1n) is 10.2. The molecule has 0 aliphatic rings. The van der Waals surface area contributed by atoms with Gasteiger partial charge in [0.25, 0.3) is 0 Å². The Kier molecular flexibility index (Phi) is 7.01. The summed E-state index contributed by atoms with van der Waals surface area (Å²) >= 11 is 0. The van der Waals surface area contributed by atoms with Crippen LogP contribution in [0.1, 0.15) is 25.3 Å². The van der Waals surface area contributed by atoms with Crippen LogP contribution < -0.4 is 4.74 Å². The lowest BCUT2D eigenvalue weighted by Crippen LogP contribution is -2.55. The SMILES string of the molecule is CCOC(=O)C(c1nc(-c2ccc(OC)cc2)no1)(C(C)S(=O)(=O)c1ccc(C)cc1)[N+](=O)[O-]. The van der Waals surface area contributed by atoms with Crippen molar-refractivity contribution < 1.29 is 32.1 Å². The number of hydrogen-bond acceptors (Lipinski definition) is 10. The minimum Gasteiger partial charge on any atom is -0.497 e. The van der Waals surface area contributed by atoms with E-state index in [0.717, 1.165) is 12.5 Å². The largest absolute Gasteiger partial charge is 0.497 e. The second-order valence-corrected chi connectivity index (χ2v) is 9.66. The van der Waals surface area contributed by atoms with Gasteiger partial charge in [0.15, 0.2) is 15.1 Å². The van der Waals surface area contributed by atoms with Crippen molar-refractivity contribution in [3.8, 4) is 17.1 Å². The number of sulfone groups is 1. The van der Waals surface area contributed by atoms with Crippen molar-refractivity contribution in [1.82, 2.24) is 10.1 Å². The van der Waals surface area contributed by atoms with Crippen molar-refractivity contribution >= 4 is 15.8 Å². The molecule has 0 amide bonds. The number of methoxy groups -OCH3 is 1. The number of carbonyl (C=O) groups is 1. The summed E-state index contributed by atoms with van der Waals surface area (Å²) < 4.78 is 42.0. The van der Waals surface area contributed by atoms with Crippen LogP contribution in [0, 0.1) is 17.0 Å². The van der Waals surface area contributed by atoms with Crippen molar-refractivity contribution in [1.29, 1.82) is 0 Å². The second-order valence-electron chi connectivity index (χ2n) is 7.40. The Balaban J connectivity index is 2.19. The fourth-order valence-corrected chi connectivity index (χ4v) is 5.02. The van der Waals surface area contributed by atoms with Gasteiger partial charge in [-0.3, -0.25) is 10.1 Å². The molecule has 3 rings (SSSR count). The Morgan fingerprint density at radius 3 is 2.32 bits per heavy atom. The Hall–Kier alpha value is -3.80. The maximum Gasteiger partial charge on any atom is 0.409 e. The molecule has 2 unspecified atom stereocenters. The third-order valence-corrected chi connectivity index (χ3v) is 7.58. The highest BCUT2D eigenvalue weighted by Gasteiger charge is 2.68. The van der Waals surface area contributed by atoms with Gasteiger partial charge in [-0.2, -0.15) is 4.98 Å². The van der Waals surface area contributed by atoms with Crippen molar-refractivity contribution in [2.24, 2.45) is 0 Å². The summed E-state index contributed by atoms with van der Waals surface area (Å²) in [6.07, 6.45) is 0. The first-order valence-corrected chi connectivity index (χ1v) is 11.7. The number of ether oxygens (including phenoxy) is 2. The molecule has 0 aliphatic heterocycles. The minimum atomic E-state index is -4.42. The van der Waals surface area contributed by atoms with E-state index in [1.807, 2.05) is 0 Å². The zero-order valence-electron chi connectivity index (χ0n) is 18.9. The number of esters is 1. The molecule has 11 nitrogen and oxygen atoms in total. The molecular weight excluding hydrogens is 466 g/mol. The van der Waals surface area contributed by atoms with Crippen molar-refractivity contribution in [2.45, 2.75) is 36.5 Å². The van der Waals surface area contributed by atoms with E-state index in [1.54, 1.807) is 43.3 Å². The quantitative estimate of drug-likeness (QED) is 0.249. The summed E-state index contributed by atoms with van der Waals surface area (Å²) in [5, 5.41) is 14.2. The molecule has 3 aromatic rings. The van der Waals surface area contributed by atoms with Gasteiger partial charge >= 0.3 is 17.4 Å². The van der Waals surface area contributed by atoms with E-state index in [9.17, 15) is 23.3 Å². The van der Waals surface area contributed by atoms with Crippen LogP contribution in [0.3, 0.4) is 0 Å².